The summed E-state index contributed by atoms with van der Waals surface area (Å²) in [5, 5.41) is 4.89. The van der Waals surface area contributed by atoms with E-state index in [9.17, 15) is 4.79 Å². The SMILES string of the molecule is CC(Nc1ncc2ccc(=O)n(CC3CC3)c2n1)c1ccc(Cl)cc1. The lowest BCUT2D eigenvalue weighted by Gasteiger charge is -2.15. The van der Waals surface area contributed by atoms with Gasteiger partial charge in [-0.05, 0) is 49.4 Å². The molecule has 128 valence electrons. The van der Waals surface area contributed by atoms with Crippen molar-refractivity contribution in [3.63, 3.8) is 0 Å². The van der Waals surface area contributed by atoms with E-state index in [1.807, 2.05) is 31.2 Å². The lowest BCUT2D eigenvalue weighted by Crippen LogP contribution is -2.21. The van der Waals surface area contributed by atoms with Crippen LogP contribution in [-0.2, 0) is 6.54 Å². The molecule has 0 amide bonds. The minimum absolute atomic E-state index is 0.00482. The molecule has 6 heteroatoms. The molecule has 1 aromatic carbocycles. The van der Waals surface area contributed by atoms with E-state index in [1.54, 1.807) is 22.9 Å². The minimum Gasteiger partial charge on any atom is -0.348 e. The van der Waals surface area contributed by atoms with Gasteiger partial charge in [-0.2, -0.15) is 4.98 Å². The molecule has 3 aromatic rings. The zero-order chi connectivity index (χ0) is 17.4. The van der Waals surface area contributed by atoms with Crippen LogP contribution in [0.15, 0.2) is 47.4 Å². The van der Waals surface area contributed by atoms with Crippen LogP contribution in [0.4, 0.5) is 5.95 Å². The average Bonchev–Trinajstić information content (AvgIpc) is 3.42. The van der Waals surface area contributed by atoms with Gasteiger partial charge >= 0.3 is 0 Å². The lowest BCUT2D eigenvalue weighted by molar-refractivity contribution is 0.621. The molecular formula is C19H19ClN4O. The molecule has 1 atom stereocenters. The number of nitrogens with one attached hydrogen (secondary N) is 1. The average molecular weight is 355 g/mol. The number of nitrogens with zero attached hydrogens (tertiary/aromatic N) is 3. The molecule has 4 rings (SSSR count). The molecule has 0 spiro atoms. The second-order valence-electron chi connectivity index (χ2n) is 6.62. The summed E-state index contributed by atoms with van der Waals surface area (Å²) in [6.45, 7) is 2.78. The zero-order valence-corrected chi connectivity index (χ0v) is 14.7. The van der Waals surface area contributed by atoms with Crippen LogP contribution >= 0.6 is 11.6 Å². The summed E-state index contributed by atoms with van der Waals surface area (Å²) in [6.07, 6.45) is 4.14. The van der Waals surface area contributed by atoms with E-state index >= 15 is 0 Å². The number of anilines is 1. The molecule has 5 nitrogen and oxygen atoms in total. The number of hydrogen-bond donors (Lipinski definition) is 1. The Balaban J connectivity index is 1.65. The van der Waals surface area contributed by atoms with Gasteiger partial charge in [0.15, 0.2) is 0 Å². The van der Waals surface area contributed by atoms with E-state index in [0.717, 1.165) is 17.5 Å². The lowest BCUT2D eigenvalue weighted by atomic mass is 10.1. The number of aromatic nitrogens is 3. The molecule has 2 heterocycles. The van der Waals surface area contributed by atoms with Gasteiger partial charge in [0.2, 0.25) is 5.95 Å². The van der Waals surface area contributed by atoms with E-state index in [-0.39, 0.29) is 11.6 Å². The third-order valence-corrected chi connectivity index (χ3v) is 4.83. The van der Waals surface area contributed by atoms with Gasteiger partial charge in [0.25, 0.3) is 5.56 Å². The molecule has 0 bridgehead atoms. The van der Waals surface area contributed by atoms with Crippen molar-refractivity contribution in [1.82, 2.24) is 14.5 Å². The summed E-state index contributed by atoms with van der Waals surface area (Å²) in [6, 6.07) is 11.1. The van der Waals surface area contributed by atoms with Gasteiger partial charge in [0.1, 0.15) is 5.65 Å². The second-order valence-corrected chi connectivity index (χ2v) is 7.05. The minimum atomic E-state index is -0.00482. The van der Waals surface area contributed by atoms with Crippen LogP contribution in [0.25, 0.3) is 11.0 Å². The molecule has 0 saturated heterocycles. The van der Waals surface area contributed by atoms with Gasteiger partial charge in [0, 0.05) is 29.2 Å². The number of hydrogen-bond acceptors (Lipinski definition) is 4. The number of fused-ring (bicyclic) bond motifs is 1. The number of rotatable bonds is 5. The molecule has 1 fully saturated rings. The zero-order valence-electron chi connectivity index (χ0n) is 13.9. The second kappa shape index (κ2) is 6.48. The van der Waals surface area contributed by atoms with Crippen molar-refractivity contribution >= 4 is 28.6 Å². The third kappa shape index (κ3) is 3.51. The summed E-state index contributed by atoms with van der Waals surface area (Å²) in [5.74, 6) is 1.12. The van der Waals surface area contributed by atoms with E-state index in [1.165, 1.54) is 12.8 Å². The van der Waals surface area contributed by atoms with Crippen molar-refractivity contribution in [3.8, 4) is 0 Å². The topological polar surface area (TPSA) is 59.8 Å². The van der Waals surface area contributed by atoms with Crippen molar-refractivity contribution in [2.24, 2.45) is 5.92 Å². The molecule has 0 aliphatic heterocycles. The normalized spacial score (nSPS) is 15.3. The maximum absolute atomic E-state index is 12.3. The highest BCUT2D eigenvalue weighted by molar-refractivity contribution is 6.30. The monoisotopic (exact) mass is 354 g/mol. The molecule has 1 unspecified atom stereocenters. The Morgan fingerprint density at radius 3 is 2.72 bits per heavy atom. The van der Waals surface area contributed by atoms with E-state index in [4.69, 9.17) is 11.6 Å². The molecular weight excluding hydrogens is 336 g/mol. The van der Waals surface area contributed by atoms with Crippen molar-refractivity contribution in [2.75, 3.05) is 5.32 Å². The van der Waals surface area contributed by atoms with E-state index in [0.29, 0.717) is 22.5 Å². The molecule has 0 radical (unpaired) electrons. The fraction of sp³-hybridized carbons (Fsp3) is 0.316. The fourth-order valence-electron chi connectivity index (χ4n) is 2.90. The van der Waals surface area contributed by atoms with Gasteiger partial charge < -0.3 is 5.32 Å². The van der Waals surface area contributed by atoms with Crippen LogP contribution in [0.2, 0.25) is 5.02 Å². The maximum atomic E-state index is 12.3. The molecule has 25 heavy (non-hydrogen) atoms. The first kappa shape index (κ1) is 16.1. The summed E-state index contributed by atoms with van der Waals surface area (Å²) in [5.41, 5.74) is 1.78. The summed E-state index contributed by atoms with van der Waals surface area (Å²) < 4.78 is 1.77. The van der Waals surface area contributed by atoms with Crippen molar-refractivity contribution < 1.29 is 0 Å². The Kier molecular flexibility index (Phi) is 4.17. The first-order valence-electron chi connectivity index (χ1n) is 8.49. The Bertz CT molecular complexity index is 963. The van der Waals surface area contributed by atoms with E-state index in [2.05, 4.69) is 15.3 Å². The molecule has 1 saturated carbocycles. The summed E-state index contributed by atoms with van der Waals surface area (Å²) >= 11 is 5.94. The molecule has 1 N–H and O–H groups in total. The quantitative estimate of drug-likeness (QED) is 0.751. The standard InChI is InChI=1S/C19H19ClN4O/c1-12(14-4-7-16(20)8-5-14)22-19-21-10-15-6-9-17(25)24(18(15)23-19)11-13-2-3-13/h4-10,12-13H,2-3,11H2,1H3,(H,21,22,23). The van der Waals surface area contributed by atoms with E-state index < -0.39 is 0 Å². The predicted molar refractivity (Wildman–Crippen MR) is 100 cm³/mol. The number of benzene rings is 1. The molecule has 1 aliphatic carbocycles. The highest BCUT2D eigenvalue weighted by Gasteiger charge is 2.23. The van der Waals surface area contributed by atoms with Crippen LogP contribution in [-0.4, -0.2) is 14.5 Å². The molecule has 1 aliphatic rings. The predicted octanol–water partition coefficient (Wildman–Crippen LogP) is 4.03. The van der Waals surface area contributed by atoms with Gasteiger partial charge in [-0.3, -0.25) is 9.36 Å². The maximum Gasteiger partial charge on any atom is 0.252 e. The van der Waals surface area contributed by atoms with Crippen LogP contribution in [0.1, 0.15) is 31.4 Å². The molecule has 2 aromatic heterocycles. The van der Waals surface area contributed by atoms with Crippen molar-refractivity contribution in [2.45, 2.75) is 32.4 Å². The summed E-state index contributed by atoms with van der Waals surface area (Å²) in [7, 11) is 0. The van der Waals surface area contributed by atoms with Crippen LogP contribution in [0, 0.1) is 5.92 Å². The highest BCUT2D eigenvalue weighted by Crippen LogP contribution is 2.31. The third-order valence-electron chi connectivity index (χ3n) is 4.58. The first-order valence-corrected chi connectivity index (χ1v) is 8.86. The number of halogens is 1. The van der Waals surface area contributed by atoms with Gasteiger partial charge in [-0.15, -0.1) is 0 Å². The Morgan fingerprint density at radius 2 is 2.00 bits per heavy atom. The first-order chi connectivity index (χ1) is 12.1. The smallest absolute Gasteiger partial charge is 0.252 e. The van der Waals surface area contributed by atoms with Crippen LogP contribution < -0.4 is 10.9 Å². The van der Waals surface area contributed by atoms with Gasteiger partial charge in [-0.25, -0.2) is 4.98 Å². The van der Waals surface area contributed by atoms with Gasteiger partial charge in [0.05, 0.1) is 6.04 Å². The van der Waals surface area contributed by atoms with Gasteiger partial charge in [-0.1, -0.05) is 23.7 Å². The Labute approximate surface area is 150 Å². The number of pyridine rings is 1. The van der Waals surface area contributed by atoms with Crippen molar-refractivity contribution in [3.05, 3.63) is 63.5 Å². The highest BCUT2D eigenvalue weighted by atomic mass is 35.5. The fourth-order valence-corrected chi connectivity index (χ4v) is 3.03. The van der Waals surface area contributed by atoms with Crippen molar-refractivity contribution in [1.29, 1.82) is 0 Å². The van der Waals surface area contributed by atoms with Crippen LogP contribution in [0.3, 0.4) is 0 Å². The summed E-state index contributed by atoms with van der Waals surface area (Å²) in [4.78, 5) is 21.3. The van der Waals surface area contributed by atoms with Crippen LogP contribution in [0.5, 0.6) is 0 Å². The Morgan fingerprint density at radius 1 is 1.24 bits per heavy atom. The Hall–Kier alpha value is -2.40. The largest absolute Gasteiger partial charge is 0.348 e.